The summed E-state index contributed by atoms with van der Waals surface area (Å²) < 4.78 is 21.0. The van der Waals surface area contributed by atoms with Crippen LogP contribution in [-0.4, -0.2) is 33.0 Å². The molecule has 0 atom stereocenters. The van der Waals surface area contributed by atoms with Crippen LogP contribution < -0.4 is 0 Å². The van der Waals surface area contributed by atoms with E-state index in [1.807, 2.05) is 12.1 Å². The Morgan fingerprint density at radius 2 is 1.07 bits per heavy atom. The highest BCUT2D eigenvalue weighted by Gasteiger charge is 2.33. The molecule has 0 spiro atoms. The van der Waals surface area contributed by atoms with Gasteiger partial charge < -0.3 is 18.9 Å². The van der Waals surface area contributed by atoms with E-state index >= 15 is 0 Å². The molecule has 0 radical (unpaired) electrons. The minimum absolute atomic E-state index is 0.134. The van der Waals surface area contributed by atoms with Crippen molar-refractivity contribution in [1.29, 1.82) is 0 Å². The molecule has 0 aromatic heterocycles. The van der Waals surface area contributed by atoms with Crippen LogP contribution in [0.4, 0.5) is 0 Å². The van der Waals surface area contributed by atoms with Crippen molar-refractivity contribution in [3.05, 3.63) is 83.3 Å². The monoisotopic (exact) mass is 366 g/mol. The number of hydrogen-bond donors (Lipinski definition) is 0. The van der Waals surface area contributed by atoms with Crippen LogP contribution in [0.15, 0.2) is 72.2 Å². The maximum absolute atomic E-state index is 12.5. The zero-order valence-corrected chi connectivity index (χ0v) is 14.9. The van der Waals surface area contributed by atoms with E-state index in [9.17, 15) is 9.59 Å². The molecule has 1 aliphatic rings. The average molecular weight is 366 g/mol. The first-order valence-electron chi connectivity index (χ1n) is 8.19. The zero-order chi connectivity index (χ0) is 19.2. The summed E-state index contributed by atoms with van der Waals surface area (Å²) in [5.74, 6) is -0.928. The van der Waals surface area contributed by atoms with Crippen LogP contribution in [-0.2, 0) is 28.5 Å². The Bertz CT molecular complexity index is 821. The molecular weight excluding hydrogens is 348 g/mol. The van der Waals surface area contributed by atoms with Crippen LogP contribution in [0.5, 0.6) is 0 Å². The minimum atomic E-state index is -0.600. The Balaban J connectivity index is 2.29. The molecule has 0 saturated carbocycles. The van der Waals surface area contributed by atoms with Gasteiger partial charge in [-0.25, -0.2) is 9.59 Å². The number of carbonyl (C=O) groups excluding carboxylic acids is 2. The number of rotatable bonds is 4. The summed E-state index contributed by atoms with van der Waals surface area (Å²) in [6.45, 7) is -0.134. The van der Waals surface area contributed by atoms with Crippen LogP contribution in [0.3, 0.4) is 0 Å². The molecule has 0 amide bonds. The van der Waals surface area contributed by atoms with Crippen molar-refractivity contribution in [3.8, 4) is 0 Å². The Morgan fingerprint density at radius 1 is 0.704 bits per heavy atom. The van der Waals surface area contributed by atoms with Gasteiger partial charge in [0.2, 0.25) is 6.79 Å². The molecule has 0 unspecified atom stereocenters. The molecule has 1 heterocycles. The number of ether oxygens (including phenoxy) is 4. The first kappa shape index (κ1) is 18.3. The highest BCUT2D eigenvalue weighted by molar-refractivity contribution is 6.21. The van der Waals surface area contributed by atoms with Crippen molar-refractivity contribution >= 4 is 23.1 Å². The Morgan fingerprint density at radius 3 is 1.41 bits per heavy atom. The van der Waals surface area contributed by atoms with Crippen molar-refractivity contribution in [3.63, 3.8) is 0 Å². The van der Waals surface area contributed by atoms with Gasteiger partial charge in [0.05, 0.1) is 14.2 Å². The number of hydrogen-bond acceptors (Lipinski definition) is 6. The van der Waals surface area contributed by atoms with Crippen molar-refractivity contribution < 1.29 is 28.5 Å². The lowest BCUT2D eigenvalue weighted by Gasteiger charge is -2.12. The van der Waals surface area contributed by atoms with Gasteiger partial charge in [-0.15, -0.1) is 0 Å². The number of esters is 2. The maximum Gasteiger partial charge on any atom is 0.342 e. The molecule has 2 aromatic carbocycles. The fourth-order valence-electron chi connectivity index (χ4n) is 2.75. The molecule has 27 heavy (non-hydrogen) atoms. The molecule has 138 valence electrons. The summed E-state index contributed by atoms with van der Waals surface area (Å²) in [5, 5.41) is 0. The smallest absolute Gasteiger partial charge is 0.342 e. The largest absolute Gasteiger partial charge is 0.465 e. The molecule has 1 aliphatic heterocycles. The van der Waals surface area contributed by atoms with Crippen LogP contribution in [0.1, 0.15) is 11.1 Å². The van der Waals surface area contributed by atoms with E-state index in [1.165, 1.54) is 14.2 Å². The molecule has 1 saturated heterocycles. The summed E-state index contributed by atoms with van der Waals surface area (Å²) in [7, 11) is 2.56. The molecule has 2 aromatic rings. The van der Waals surface area contributed by atoms with E-state index in [-0.39, 0.29) is 29.5 Å². The lowest BCUT2D eigenvalue weighted by molar-refractivity contribution is -0.134. The molecule has 3 rings (SSSR count). The summed E-state index contributed by atoms with van der Waals surface area (Å²) in [6.07, 6.45) is 0. The molecule has 0 aliphatic carbocycles. The van der Waals surface area contributed by atoms with Gasteiger partial charge >= 0.3 is 11.9 Å². The van der Waals surface area contributed by atoms with Crippen molar-refractivity contribution in [2.45, 2.75) is 0 Å². The molecule has 0 bridgehead atoms. The predicted molar refractivity (Wildman–Crippen MR) is 97.8 cm³/mol. The fraction of sp³-hybridized carbons (Fsp3) is 0.143. The Labute approximate surface area is 156 Å². The van der Waals surface area contributed by atoms with Gasteiger partial charge in [0.15, 0.2) is 11.5 Å². The second kappa shape index (κ2) is 8.23. The first-order chi connectivity index (χ1) is 13.2. The summed E-state index contributed by atoms with van der Waals surface area (Å²) >= 11 is 0. The maximum atomic E-state index is 12.5. The van der Waals surface area contributed by atoms with Gasteiger partial charge in [0.1, 0.15) is 11.1 Å². The Kier molecular flexibility index (Phi) is 5.56. The van der Waals surface area contributed by atoms with Crippen molar-refractivity contribution in [2.24, 2.45) is 0 Å². The van der Waals surface area contributed by atoms with Gasteiger partial charge in [-0.05, 0) is 11.1 Å². The van der Waals surface area contributed by atoms with Crippen LogP contribution >= 0.6 is 0 Å². The van der Waals surface area contributed by atoms with E-state index < -0.39 is 11.9 Å². The third kappa shape index (κ3) is 3.69. The average Bonchev–Trinajstić information content (AvgIpc) is 3.18. The number of methoxy groups -OCH3 is 2. The fourth-order valence-corrected chi connectivity index (χ4v) is 2.75. The molecule has 0 N–H and O–H groups in total. The van der Waals surface area contributed by atoms with Crippen LogP contribution in [0.2, 0.25) is 0 Å². The van der Waals surface area contributed by atoms with E-state index in [1.54, 1.807) is 48.5 Å². The third-order valence-electron chi connectivity index (χ3n) is 3.97. The Hall–Kier alpha value is -3.54. The number of carbonyl (C=O) groups is 2. The third-order valence-corrected chi connectivity index (χ3v) is 3.97. The summed E-state index contributed by atoms with van der Waals surface area (Å²) in [6, 6.07) is 17.8. The van der Waals surface area contributed by atoms with Gasteiger partial charge in [-0.2, -0.15) is 0 Å². The topological polar surface area (TPSA) is 71.1 Å². The summed E-state index contributed by atoms with van der Waals surface area (Å²) in [4.78, 5) is 25.0. The van der Waals surface area contributed by atoms with Crippen LogP contribution in [0, 0.1) is 0 Å². The van der Waals surface area contributed by atoms with Gasteiger partial charge in [-0.1, -0.05) is 60.7 Å². The minimum Gasteiger partial charge on any atom is -0.465 e. The SMILES string of the molecule is COC(=O)/C(=C1/OCO/C1=C(/C(=O)OC)c1ccccc1)c1ccccc1. The molecular formula is C21H18O6. The highest BCUT2D eigenvalue weighted by Crippen LogP contribution is 2.36. The second-order valence-electron chi connectivity index (χ2n) is 5.53. The quantitative estimate of drug-likeness (QED) is 0.611. The highest BCUT2D eigenvalue weighted by atomic mass is 16.7. The summed E-state index contributed by atoms with van der Waals surface area (Å²) in [5.41, 5.74) is 1.50. The van der Waals surface area contributed by atoms with Crippen LogP contribution in [0.25, 0.3) is 11.1 Å². The van der Waals surface area contributed by atoms with E-state index in [4.69, 9.17) is 18.9 Å². The molecule has 1 fully saturated rings. The zero-order valence-electron chi connectivity index (χ0n) is 14.9. The lowest BCUT2D eigenvalue weighted by atomic mass is 9.99. The number of benzene rings is 2. The second-order valence-corrected chi connectivity index (χ2v) is 5.53. The van der Waals surface area contributed by atoms with E-state index in [2.05, 4.69) is 0 Å². The van der Waals surface area contributed by atoms with E-state index in [0.29, 0.717) is 11.1 Å². The van der Waals surface area contributed by atoms with Gasteiger partial charge in [-0.3, -0.25) is 0 Å². The van der Waals surface area contributed by atoms with Gasteiger partial charge in [0.25, 0.3) is 0 Å². The van der Waals surface area contributed by atoms with E-state index in [0.717, 1.165) is 0 Å². The molecule has 6 nitrogen and oxygen atoms in total. The van der Waals surface area contributed by atoms with Crippen molar-refractivity contribution in [2.75, 3.05) is 21.0 Å². The van der Waals surface area contributed by atoms with Gasteiger partial charge in [0, 0.05) is 0 Å². The predicted octanol–water partition coefficient (Wildman–Crippen LogP) is 3.16. The normalized spacial score (nSPS) is 16.7. The standard InChI is InChI=1S/C21H18O6/c1-24-20(22)16(14-9-5-3-6-10-14)18-19(27-13-26-18)17(21(23)25-2)15-11-7-4-8-12-15/h3-12H,13H2,1-2H3/b18-16+,19-17+. The van der Waals surface area contributed by atoms with Crippen molar-refractivity contribution in [1.82, 2.24) is 0 Å². The lowest BCUT2D eigenvalue weighted by Crippen LogP contribution is -2.11. The molecule has 6 heteroatoms. The first-order valence-corrected chi connectivity index (χ1v) is 8.19.